The van der Waals surface area contributed by atoms with Gasteiger partial charge in [-0.2, -0.15) is 0 Å². The molecule has 0 amide bonds. The number of hydrogen-bond donors (Lipinski definition) is 1. The smallest absolute Gasteiger partial charge is 0.343 e. The number of aromatic hydroxyl groups is 1. The molecule has 1 aliphatic heterocycles. The van der Waals surface area contributed by atoms with Gasteiger partial charge in [0.15, 0.2) is 11.5 Å². The second-order valence-electron chi connectivity index (χ2n) is 6.36. The van der Waals surface area contributed by atoms with Gasteiger partial charge in [-0.3, -0.25) is 0 Å². The molecule has 0 radical (unpaired) electrons. The predicted molar refractivity (Wildman–Crippen MR) is 107 cm³/mol. The number of ether oxygens (including phenoxy) is 3. The minimum atomic E-state index is -0.420. The van der Waals surface area contributed by atoms with Gasteiger partial charge in [0.1, 0.15) is 11.5 Å². The molecule has 0 atom stereocenters. The van der Waals surface area contributed by atoms with E-state index in [0.717, 1.165) is 27.6 Å². The lowest BCUT2D eigenvalue weighted by Crippen LogP contribution is -1.97. The third kappa shape index (κ3) is 3.30. The molecule has 0 bridgehead atoms. The highest BCUT2D eigenvalue weighted by Gasteiger charge is 2.22. The molecule has 1 N–H and O–H groups in total. The molecule has 1 aliphatic rings. The molecule has 0 aromatic heterocycles. The highest BCUT2D eigenvalue weighted by molar-refractivity contribution is 6.05. The minimum Gasteiger partial charge on any atom is -0.504 e. The number of phenols is 1. The molecule has 5 heteroatoms. The van der Waals surface area contributed by atoms with Crippen LogP contribution in [0, 0.1) is 0 Å². The molecular weight excluding hydrogens is 356 g/mol. The lowest BCUT2D eigenvalue weighted by molar-refractivity contribution is -0.130. The number of cyclic esters (lactones) is 1. The first-order valence-corrected chi connectivity index (χ1v) is 8.68. The van der Waals surface area contributed by atoms with Crippen molar-refractivity contribution < 1.29 is 24.1 Å². The van der Waals surface area contributed by atoms with Crippen molar-refractivity contribution in [1.29, 1.82) is 0 Å². The molecule has 1 heterocycles. The lowest BCUT2D eigenvalue weighted by Gasteiger charge is -2.06. The van der Waals surface area contributed by atoms with Crippen molar-refractivity contribution in [3.05, 3.63) is 77.4 Å². The van der Waals surface area contributed by atoms with Crippen molar-refractivity contribution in [2.24, 2.45) is 0 Å². The van der Waals surface area contributed by atoms with Gasteiger partial charge in [0.2, 0.25) is 0 Å². The fourth-order valence-corrected chi connectivity index (χ4v) is 3.10. The standard InChI is InChI=1S/C23H18O5/c1-26-19-7-6-15-11-17(5-4-16(15)12-19)21-13-18(23(25)28-21)9-14-3-8-20(24)22(10-14)27-2/h3-13,24H,1-2H3/b18-9-. The Bertz CT molecular complexity index is 1140. The SMILES string of the molecule is COc1ccc2cc(C3=C/C(=C/c4ccc(O)c(OC)c4)C(=O)O3)ccc2c1. The first-order valence-electron chi connectivity index (χ1n) is 8.68. The molecule has 3 aromatic rings. The molecule has 5 nitrogen and oxygen atoms in total. The second kappa shape index (κ2) is 7.12. The van der Waals surface area contributed by atoms with Gasteiger partial charge in [0, 0.05) is 5.56 Å². The predicted octanol–water partition coefficient (Wildman–Crippen LogP) is 4.54. The zero-order valence-corrected chi connectivity index (χ0v) is 15.4. The van der Waals surface area contributed by atoms with Gasteiger partial charge in [-0.1, -0.05) is 24.3 Å². The Morgan fingerprint density at radius 3 is 2.50 bits per heavy atom. The van der Waals surface area contributed by atoms with E-state index in [9.17, 15) is 9.90 Å². The fraction of sp³-hybridized carbons (Fsp3) is 0.0870. The molecular formula is C23H18O5. The summed E-state index contributed by atoms with van der Waals surface area (Å²) in [5, 5.41) is 11.8. The maximum atomic E-state index is 12.3. The quantitative estimate of drug-likeness (QED) is 0.536. The summed E-state index contributed by atoms with van der Waals surface area (Å²) < 4.78 is 15.8. The fourth-order valence-electron chi connectivity index (χ4n) is 3.10. The van der Waals surface area contributed by atoms with Crippen molar-refractivity contribution in [2.75, 3.05) is 14.2 Å². The first-order chi connectivity index (χ1) is 13.6. The largest absolute Gasteiger partial charge is 0.504 e. The van der Waals surface area contributed by atoms with Crippen LogP contribution in [0.25, 0.3) is 22.6 Å². The van der Waals surface area contributed by atoms with Crippen molar-refractivity contribution in [2.45, 2.75) is 0 Å². The number of carbonyl (C=O) groups excluding carboxylic acids is 1. The summed E-state index contributed by atoms with van der Waals surface area (Å²) in [4.78, 5) is 12.3. The number of esters is 1. The minimum absolute atomic E-state index is 0.0441. The molecule has 0 spiro atoms. The van der Waals surface area contributed by atoms with Crippen molar-refractivity contribution in [3.63, 3.8) is 0 Å². The number of benzene rings is 3. The van der Waals surface area contributed by atoms with Gasteiger partial charge in [-0.05, 0) is 58.8 Å². The first kappa shape index (κ1) is 17.7. The van der Waals surface area contributed by atoms with Crippen LogP contribution in [-0.4, -0.2) is 25.3 Å². The van der Waals surface area contributed by atoms with Crippen LogP contribution in [0.3, 0.4) is 0 Å². The molecule has 0 saturated heterocycles. The number of hydrogen-bond acceptors (Lipinski definition) is 5. The van der Waals surface area contributed by atoms with E-state index in [1.165, 1.54) is 13.2 Å². The van der Waals surface area contributed by atoms with Crippen LogP contribution >= 0.6 is 0 Å². The number of fused-ring (bicyclic) bond motifs is 1. The maximum Gasteiger partial charge on any atom is 0.343 e. The Morgan fingerprint density at radius 2 is 1.71 bits per heavy atom. The van der Waals surface area contributed by atoms with E-state index in [2.05, 4.69) is 0 Å². The molecule has 0 aliphatic carbocycles. The average molecular weight is 374 g/mol. The summed E-state index contributed by atoms with van der Waals surface area (Å²) in [6.07, 6.45) is 3.41. The van der Waals surface area contributed by atoms with Gasteiger partial charge in [-0.25, -0.2) is 4.79 Å². The van der Waals surface area contributed by atoms with E-state index in [-0.39, 0.29) is 5.75 Å². The van der Waals surface area contributed by atoms with Crippen LogP contribution in [0.1, 0.15) is 11.1 Å². The summed E-state index contributed by atoms with van der Waals surface area (Å²) in [6, 6.07) is 16.5. The van der Waals surface area contributed by atoms with Crippen LogP contribution < -0.4 is 9.47 Å². The van der Waals surface area contributed by atoms with Gasteiger partial charge < -0.3 is 19.3 Å². The number of rotatable bonds is 4. The van der Waals surface area contributed by atoms with Crippen LogP contribution in [0.2, 0.25) is 0 Å². The van der Waals surface area contributed by atoms with Gasteiger partial charge in [0.05, 0.1) is 19.8 Å². The zero-order valence-electron chi connectivity index (χ0n) is 15.4. The van der Waals surface area contributed by atoms with Crippen LogP contribution in [-0.2, 0) is 9.53 Å². The van der Waals surface area contributed by atoms with Crippen LogP contribution in [0.5, 0.6) is 17.2 Å². The third-order valence-electron chi connectivity index (χ3n) is 4.58. The zero-order chi connectivity index (χ0) is 19.7. The normalized spacial score (nSPS) is 14.9. The molecule has 0 fully saturated rings. The second-order valence-corrected chi connectivity index (χ2v) is 6.36. The Labute approximate surface area is 162 Å². The Balaban J connectivity index is 1.68. The third-order valence-corrected chi connectivity index (χ3v) is 4.58. The van der Waals surface area contributed by atoms with E-state index < -0.39 is 5.97 Å². The molecule has 4 rings (SSSR count). The van der Waals surface area contributed by atoms with Gasteiger partial charge in [0.25, 0.3) is 0 Å². The van der Waals surface area contributed by atoms with E-state index in [1.807, 2.05) is 36.4 Å². The van der Waals surface area contributed by atoms with Gasteiger partial charge in [-0.15, -0.1) is 0 Å². The summed E-state index contributed by atoms with van der Waals surface area (Å²) in [7, 11) is 3.11. The highest BCUT2D eigenvalue weighted by atomic mass is 16.5. The van der Waals surface area contributed by atoms with Crippen LogP contribution in [0.15, 0.2) is 66.2 Å². The Morgan fingerprint density at radius 1 is 0.929 bits per heavy atom. The van der Waals surface area contributed by atoms with Gasteiger partial charge >= 0.3 is 5.97 Å². The summed E-state index contributed by atoms with van der Waals surface area (Å²) in [6.45, 7) is 0. The molecule has 140 valence electrons. The molecule has 0 saturated carbocycles. The van der Waals surface area contributed by atoms with Crippen molar-refractivity contribution >= 4 is 28.6 Å². The summed E-state index contributed by atoms with van der Waals surface area (Å²) >= 11 is 0. The summed E-state index contributed by atoms with van der Waals surface area (Å²) in [5.74, 6) is 1.26. The number of carbonyl (C=O) groups is 1. The Hall–Kier alpha value is -3.73. The summed E-state index contributed by atoms with van der Waals surface area (Å²) in [5.41, 5.74) is 1.97. The number of phenolic OH excluding ortho intramolecular Hbond substituents is 1. The monoisotopic (exact) mass is 374 g/mol. The van der Waals surface area contributed by atoms with E-state index >= 15 is 0 Å². The van der Waals surface area contributed by atoms with E-state index in [1.54, 1.807) is 31.4 Å². The van der Waals surface area contributed by atoms with E-state index in [0.29, 0.717) is 17.1 Å². The maximum absolute atomic E-state index is 12.3. The van der Waals surface area contributed by atoms with E-state index in [4.69, 9.17) is 14.2 Å². The van der Waals surface area contributed by atoms with Crippen molar-refractivity contribution in [3.8, 4) is 17.2 Å². The lowest BCUT2D eigenvalue weighted by atomic mass is 10.0. The molecule has 3 aromatic carbocycles. The molecule has 0 unspecified atom stereocenters. The number of methoxy groups -OCH3 is 2. The topological polar surface area (TPSA) is 65.0 Å². The van der Waals surface area contributed by atoms with Crippen LogP contribution in [0.4, 0.5) is 0 Å². The molecule has 28 heavy (non-hydrogen) atoms. The highest BCUT2D eigenvalue weighted by Crippen LogP contribution is 2.32. The van der Waals surface area contributed by atoms with Crippen molar-refractivity contribution in [1.82, 2.24) is 0 Å². The Kier molecular flexibility index (Phi) is 4.49. The average Bonchev–Trinajstić information content (AvgIpc) is 3.08.